The van der Waals surface area contributed by atoms with E-state index in [1.807, 2.05) is 26.0 Å². The highest BCUT2D eigenvalue weighted by Crippen LogP contribution is 2.40. The van der Waals surface area contributed by atoms with Crippen LogP contribution in [0.1, 0.15) is 53.7 Å². The number of methoxy groups -OCH3 is 2. The summed E-state index contributed by atoms with van der Waals surface area (Å²) in [7, 11) is 3.10. The summed E-state index contributed by atoms with van der Waals surface area (Å²) in [5, 5.41) is 0. The van der Waals surface area contributed by atoms with E-state index in [2.05, 4.69) is 29.2 Å². The first-order valence-electron chi connectivity index (χ1n) is 14.8. The number of nitrogens with zero attached hydrogens (tertiary/aromatic N) is 1. The van der Waals surface area contributed by atoms with Crippen molar-refractivity contribution in [2.75, 3.05) is 44.0 Å². The molecule has 7 nitrogen and oxygen atoms in total. The number of hydrogen-bond donors (Lipinski definition) is 0. The Morgan fingerprint density at radius 2 is 1.60 bits per heavy atom. The van der Waals surface area contributed by atoms with E-state index in [9.17, 15) is 9.59 Å². The second-order valence-corrected chi connectivity index (χ2v) is 11.8. The molecule has 0 saturated carbocycles. The van der Waals surface area contributed by atoms with E-state index < -0.39 is 5.60 Å². The highest BCUT2D eigenvalue weighted by atomic mass is 35.5. The molecule has 0 radical (unpaired) electrons. The first-order valence-corrected chi connectivity index (χ1v) is 15.9. The molecule has 1 heterocycles. The van der Waals surface area contributed by atoms with Gasteiger partial charge >= 0.3 is 5.97 Å². The van der Waals surface area contributed by atoms with Gasteiger partial charge in [-0.15, -0.1) is 23.2 Å². The highest BCUT2D eigenvalue weighted by Gasteiger charge is 2.27. The molecule has 3 aromatic carbocycles. The SMILES string of the molecule is COc1ccc(C=CC(=O)c2ccc(OC)c3c2OC(C)(C)C=C3)cc1OC(=O)CCCc1ccc(N(CCCl)CCCl)cc1. The Balaban J connectivity index is 1.38. The molecule has 0 fully saturated rings. The number of carbonyl (C=O) groups excluding carboxylic acids is 2. The zero-order chi connectivity index (χ0) is 32.4. The fourth-order valence-electron chi connectivity index (χ4n) is 5.00. The van der Waals surface area contributed by atoms with E-state index in [0.717, 1.165) is 36.3 Å². The topological polar surface area (TPSA) is 74.3 Å². The van der Waals surface area contributed by atoms with Crippen LogP contribution in [0.15, 0.2) is 66.7 Å². The zero-order valence-electron chi connectivity index (χ0n) is 26.1. The van der Waals surface area contributed by atoms with E-state index in [1.165, 1.54) is 13.2 Å². The summed E-state index contributed by atoms with van der Waals surface area (Å²) in [5.74, 6) is 2.29. The summed E-state index contributed by atoms with van der Waals surface area (Å²) >= 11 is 11.8. The molecule has 0 aromatic heterocycles. The average Bonchev–Trinajstić information content (AvgIpc) is 3.03. The van der Waals surface area contributed by atoms with Gasteiger partial charge in [-0.1, -0.05) is 24.3 Å². The van der Waals surface area contributed by atoms with Gasteiger partial charge < -0.3 is 23.8 Å². The van der Waals surface area contributed by atoms with Crippen LogP contribution < -0.4 is 23.8 Å². The lowest BCUT2D eigenvalue weighted by atomic mass is 9.97. The van der Waals surface area contributed by atoms with Crippen LogP contribution in [0.2, 0.25) is 0 Å². The number of anilines is 1. The lowest BCUT2D eigenvalue weighted by Crippen LogP contribution is -2.28. The fraction of sp³-hybridized carbons (Fsp3) is 0.333. The molecule has 0 N–H and O–H groups in total. The van der Waals surface area contributed by atoms with Crippen molar-refractivity contribution in [3.63, 3.8) is 0 Å². The van der Waals surface area contributed by atoms with Crippen LogP contribution in [-0.4, -0.2) is 56.4 Å². The van der Waals surface area contributed by atoms with Crippen LogP contribution in [0, 0.1) is 0 Å². The average molecular weight is 653 g/mol. The molecule has 0 atom stereocenters. The number of hydrogen-bond acceptors (Lipinski definition) is 7. The van der Waals surface area contributed by atoms with Crippen molar-refractivity contribution in [2.24, 2.45) is 0 Å². The summed E-state index contributed by atoms with van der Waals surface area (Å²) in [6, 6.07) is 16.8. The van der Waals surface area contributed by atoms with Gasteiger partial charge in [-0.05, 0) is 92.4 Å². The van der Waals surface area contributed by atoms with Crippen molar-refractivity contribution >= 4 is 52.8 Å². The fourth-order valence-corrected chi connectivity index (χ4v) is 5.41. The Hall–Kier alpha value is -3.94. The van der Waals surface area contributed by atoms with E-state index in [-0.39, 0.29) is 23.9 Å². The maximum atomic E-state index is 13.3. The molecule has 238 valence electrons. The lowest BCUT2D eigenvalue weighted by Gasteiger charge is -2.29. The maximum absolute atomic E-state index is 13.3. The summed E-state index contributed by atoms with van der Waals surface area (Å²) in [4.78, 5) is 28.2. The Morgan fingerprint density at radius 3 is 2.27 bits per heavy atom. The molecule has 0 spiro atoms. The van der Waals surface area contributed by atoms with Crippen LogP contribution in [0.4, 0.5) is 5.69 Å². The number of halogens is 2. The molecule has 0 unspecified atom stereocenters. The number of rotatable bonds is 15. The number of aryl methyl sites for hydroxylation is 1. The van der Waals surface area contributed by atoms with E-state index in [4.69, 9.17) is 42.1 Å². The van der Waals surface area contributed by atoms with Gasteiger partial charge in [0, 0.05) is 37.0 Å². The van der Waals surface area contributed by atoms with E-state index in [0.29, 0.717) is 46.6 Å². The van der Waals surface area contributed by atoms with Crippen molar-refractivity contribution in [1.82, 2.24) is 0 Å². The number of alkyl halides is 2. The third-order valence-corrected chi connectivity index (χ3v) is 7.69. The Labute approximate surface area is 275 Å². The van der Waals surface area contributed by atoms with Gasteiger partial charge in [-0.3, -0.25) is 9.59 Å². The van der Waals surface area contributed by atoms with Gasteiger partial charge in [0.2, 0.25) is 0 Å². The maximum Gasteiger partial charge on any atom is 0.311 e. The quantitative estimate of drug-likeness (QED) is 0.0542. The number of fused-ring (bicyclic) bond motifs is 1. The molecular weight excluding hydrogens is 613 g/mol. The molecule has 0 amide bonds. The summed E-state index contributed by atoms with van der Waals surface area (Å²) in [6.45, 7) is 5.31. The predicted molar refractivity (Wildman–Crippen MR) is 182 cm³/mol. The molecular formula is C36H39Cl2NO6. The van der Waals surface area contributed by atoms with E-state index in [1.54, 1.807) is 43.5 Å². The third-order valence-electron chi connectivity index (χ3n) is 7.35. The molecule has 0 saturated heterocycles. The summed E-state index contributed by atoms with van der Waals surface area (Å²) < 4.78 is 22.7. The van der Waals surface area contributed by atoms with Gasteiger partial charge in [-0.25, -0.2) is 0 Å². The van der Waals surface area contributed by atoms with Crippen LogP contribution in [-0.2, 0) is 11.2 Å². The highest BCUT2D eigenvalue weighted by molar-refractivity contribution is 6.18. The zero-order valence-corrected chi connectivity index (χ0v) is 27.6. The van der Waals surface area contributed by atoms with Crippen LogP contribution in [0.25, 0.3) is 12.2 Å². The van der Waals surface area contributed by atoms with Gasteiger partial charge in [0.15, 0.2) is 17.3 Å². The molecule has 1 aliphatic heterocycles. The minimum atomic E-state index is -0.562. The number of ketones is 1. The van der Waals surface area contributed by atoms with Crippen molar-refractivity contribution in [2.45, 2.75) is 38.7 Å². The van der Waals surface area contributed by atoms with Crippen molar-refractivity contribution in [3.05, 3.63) is 89.0 Å². The van der Waals surface area contributed by atoms with Gasteiger partial charge in [0.05, 0.1) is 25.3 Å². The lowest BCUT2D eigenvalue weighted by molar-refractivity contribution is -0.134. The number of esters is 1. The van der Waals surface area contributed by atoms with Crippen molar-refractivity contribution < 1.29 is 28.5 Å². The largest absolute Gasteiger partial charge is 0.496 e. The number of ether oxygens (including phenoxy) is 4. The van der Waals surface area contributed by atoms with Gasteiger partial charge in [-0.2, -0.15) is 0 Å². The second-order valence-electron chi connectivity index (χ2n) is 11.1. The van der Waals surface area contributed by atoms with Crippen molar-refractivity contribution in [1.29, 1.82) is 0 Å². The minimum Gasteiger partial charge on any atom is -0.496 e. The monoisotopic (exact) mass is 651 g/mol. The molecule has 3 aromatic rings. The van der Waals surface area contributed by atoms with Crippen LogP contribution in [0.3, 0.4) is 0 Å². The van der Waals surface area contributed by atoms with Crippen molar-refractivity contribution in [3.8, 4) is 23.0 Å². The second kappa shape index (κ2) is 15.9. The Kier molecular flexibility index (Phi) is 12.0. The molecule has 0 bridgehead atoms. The van der Waals surface area contributed by atoms with Gasteiger partial charge in [0.1, 0.15) is 17.1 Å². The number of benzene rings is 3. The minimum absolute atomic E-state index is 0.229. The van der Waals surface area contributed by atoms with Gasteiger partial charge in [0.25, 0.3) is 0 Å². The molecule has 1 aliphatic rings. The molecule has 4 rings (SSSR count). The normalized spacial score (nSPS) is 13.2. The summed E-state index contributed by atoms with van der Waals surface area (Å²) in [5.41, 5.74) is 3.46. The molecule has 45 heavy (non-hydrogen) atoms. The first kappa shape index (κ1) is 33.9. The van der Waals surface area contributed by atoms with Crippen LogP contribution >= 0.6 is 23.2 Å². The standard InChI is InChI=1S/C36H39Cl2NO6/c1-36(2)19-18-29-31(42-3)17-14-28(35(29)45-36)30(40)15-10-26-11-16-32(43-4)33(24-26)44-34(41)7-5-6-25-8-12-27(13-9-25)39(22-20-37)23-21-38/h8-19,24H,5-7,20-23H2,1-4H3. The number of allylic oxidation sites excluding steroid dienone is 1. The molecule has 9 heteroatoms. The predicted octanol–water partition coefficient (Wildman–Crippen LogP) is 8.00. The number of carbonyl (C=O) groups is 2. The van der Waals surface area contributed by atoms with Crippen LogP contribution in [0.5, 0.6) is 23.0 Å². The summed E-state index contributed by atoms with van der Waals surface area (Å²) in [6.07, 6.45) is 8.59. The molecule has 0 aliphatic carbocycles. The Morgan fingerprint density at radius 1 is 0.911 bits per heavy atom. The Bertz CT molecular complexity index is 1540. The first-order chi connectivity index (χ1) is 21.7. The third kappa shape index (κ3) is 9.05. The van der Waals surface area contributed by atoms with E-state index >= 15 is 0 Å². The smallest absolute Gasteiger partial charge is 0.311 e.